The average molecular weight is 368 g/mol. The van der Waals surface area contributed by atoms with Crippen molar-refractivity contribution in [2.75, 3.05) is 18.4 Å². The standard InChI is InChI=1S/C18H17FN4O.CO2/c19-11-5-6-16(24)14(9-11)18-22-15-4-2-1-3-13(15)17(23-18)21-12-7-8-20-10-12;2-1-3/h1-6,9,12,20,24H,7-8,10H2,(H,21,22,23);. The average Bonchev–Trinajstić information content (AvgIpc) is 3.17. The monoisotopic (exact) mass is 368 g/mol. The van der Waals surface area contributed by atoms with Crippen molar-refractivity contribution in [1.29, 1.82) is 0 Å². The van der Waals surface area contributed by atoms with Crippen LogP contribution in [0.4, 0.5) is 10.2 Å². The minimum Gasteiger partial charge on any atom is -0.507 e. The Balaban J connectivity index is 0.000000659. The summed E-state index contributed by atoms with van der Waals surface area (Å²) in [6.45, 7) is 1.84. The Bertz CT molecular complexity index is 984. The maximum atomic E-state index is 13.6. The number of anilines is 1. The molecule has 0 saturated carbocycles. The minimum absolute atomic E-state index is 0.0415. The number of aromatic nitrogens is 2. The number of hydrogen-bond donors (Lipinski definition) is 3. The third-order valence-corrected chi connectivity index (χ3v) is 4.20. The molecule has 0 bridgehead atoms. The van der Waals surface area contributed by atoms with Gasteiger partial charge >= 0.3 is 6.15 Å². The molecular weight excluding hydrogens is 351 g/mol. The Morgan fingerprint density at radius 1 is 1.19 bits per heavy atom. The zero-order chi connectivity index (χ0) is 19.2. The van der Waals surface area contributed by atoms with Crippen molar-refractivity contribution < 1.29 is 19.1 Å². The Morgan fingerprint density at radius 3 is 2.70 bits per heavy atom. The predicted molar refractivity (Wildman–Crippen MR) is 96.5 cm³/mol. The number of halogens is 1. The van der Waals surface area contributed by atoms with Crippen LogP contribution in [-0.4, -0.2) is 40.4 Å². The van der Waals surface area contributed by atoms with Gasteiger partial charge in [0.15, 0.2) is 5.82 Å². The number of phenols is 1. The van der Waals surface area contributed by atoms with E-state index >= 15 is 0 Å². The molecule has 7 nitrogen and oxygen atoms in total. The van der Waals surface area contributed by atoms with Crippen LogP contribution in [0.3, 0.4) is 0 Å². The first-order valence-corrected chi connectivity index (χ1v) is 8.34. The first-order valence-electron chi connectivity index (χ1n) is 8.34. The zero-order valence-corrected chi connectivity index (χ0v) is 14.3. The fourth-order valence-electron chi connectivity index (χ4n) is 2.97. The van der Waals surface area contributed by atoms with E-state index in [0.717, 1.165) is 30.4 Å². The summed E-state index contributed by atoms with van der Waals surface area (Å²) in [7, 11) is 0. The van der Waals surface area contributed by atoms with Gasteiger partial charge in [0.05, 0.1) is 11.1 Å². The van der Waals surface area contributed by atoms with Gasteiger partial charge in [0.1, 0.15) is 17.4 Å². The Hall–Kier alpha value is -3.35. The number of carbonyl (C=O) groups excluding carboxylic acids is 2. The predicted octanol–water partition coefficient (Wildman–Crippen LogP) is 2.33. The third kappa shape index (κ3) is 4.25. The van der Waals surface area contributed by atoms with Crippen LogP contribution in [0.1, 0.15) is 6.42 Å². The summed E-state index contributed by atoms with van der Waals surface area (Å²) in [6, 6.07) is 11.7. The van der Waals surface area contributed by atoms with Crippen molar-refractivity contribution in [1.82, 2.24) is 15.3 Å². The lowest BCUT2D eigenvalue weighted by molar-refractivity contribution is -0.191. The molecule has 0 amide bonds. The van der Waals surface area contributed by atoms with Gasteiger partial charge in [-0.25, -0.2) is 14.4 Å². The number of fused-ring (bicyclic) bond motifs is 1. The van der Waals surface area contributed by atoms with E-state index in [9.17, 15) is 9.50 Å². The fraction of sp³-hybridized carbons (Fsp3) is 0.211. The molecule has 138 valence electrons. The second kappa shape index (κ2) is 8.35. The Kier molecular flexibility index (Phi) is 5.71. The number of benzene rings is 2. The molecular formula is C19H17FN4O3. The molecule has 2 aromatic carbocycles. The van der Waals surface area contributed by atoms with E-state index in [0.29, 0.717) is 11.6 Å². The van der Waals surface area contributed by atoms with Gasteiger partial charge in [0.2, 0.25) is 0 Å². The maximum Gasteiger partial charge on any atom is 0.373 e. The van der Waals surface area contributed by atoms with Crippen molar-refractivity contribution in [3.63, 3.8) is 0 Å². The molecule has 1 fully saturated rings. The Morgan fingerprint density at radius 2 is 1.96 bits per heavy atom. The second-order valence-electron chi connectivity index (χ2n) is 5.99. The molecule has 1 atom stereocenters. The van der Waals surface area contributed by atoms with E-state index in [-0.39, 0.29) is 23.5 Å². The van der Waals surface area contributed by atoms with Crippen LogP contribution in [0.5, 0.6) is 5.75 Å². The van der Waals surface area contributed by atoms with E-state index in [4.69, 9.17) is 9.59 Å². The van der Waals surface area contributed by atoms with Crippen molar-refractivity contribution in [3.05, 3.63) is 48.3 Å². The highest BCUT2D eigenvalue weighted by Gasteiger charge is 2.18. The molecule has 1 aliphatic rings. The molecule has 8 heteroatoms. The summed E-state index contributed by atoms with van der Waals surface area (Å²) < 4.78 is 13.6. The second-order valence-corrected chi connectivity index (χ2v) is 5.99. The van der Waals surface area contributed by atoms with Gasteiger partial charge < -0.3 is 15.7 Å². The van der Waals surface area contributed by atoms with Gasteiger partial charge in [-0.1, -0.05) is 12.1 Å². The topological polar surface area (TPSA) is 104 Å². The number of nitrogens with zero attached hydrogens (tertiary/aromatic N) is 2. The van der Waals surface area contributed by atoms with Crippen molar-refractivity contribution in [3.8, 4) is 17.1 Å². The molecule has 0 radical (unpaired) electrons. The van der Waals surface area contributed by atoms with Crippen LogP contribution in [0.15, 0.2) is 42.5 Å². The lowest BCUT2D eigenvalue weighted by atomic mass is 10.1. The molecule has 1 unspecified atom stereocenters. The first-order chi connectivity index (χ1) is 13.1. The van der Waals surface area contributed by atoms with E-state index in [2.05, 4.69) is 20.6 Å². The van der Waals surface area contributed by atoms with Crippen LogP contribution in [0, 0.1) is 5.82 Å². The molecule has 27 heavy (non-hydrogen) atoms. The SMILES string of the molecule is O=C=O.Oc1ccc(F)cc1-c1nc(NC2CCNC2)c2ccccc2n1. The van der Waals surface area contributed by atoms with Gasteiger partial charge in [-0.15, -0.1) is 0 Å². The lowest BCUT2D eigenvalue weighted by Crippen LogP contribution is -2.23. The number of aromatic hydroxyl groups is 1. The van der Waals surface area contributed by atoms with Crippen LogP contribution in [0.25, 0.3) is 22.3 Å². The lowest BCUT2D eigenvalue weighted by Gasteiger charge is -2.15. The van der Waals surface area contributed by atoms with Gasteiger partial charge in [-0.3, -0.25) is 0 Å². The maximum absolute atomic E-state index is 13.6. The first kappa shape index (κ1) is 18.4. The molecule has 0 aliphatic carbocycles. The van der Waals surface area contributed by atoms with E-state index in [1.54, 1.807) is 0 Å². The Labute approximate surface area is 154 Å². The summed E-state index contributed by atoms with van der Waals surface area (Å²) in [6.07, 6.45) is 1.26. The highest BCUT2D eigenvalue weighted by molar-refractivity contribution is 5.91. The van der Waals surface area contributed by atoms with Crippen LogP contribution in [0.2, 0.25) is 0 Å². The van der Waals surface area contributed by atoms with Gasteiger partial charge in [0, 0.05) is 18.0 Å². The molecule has 1 aromatic heterocycles. The normalized spacial score (nSPS) is 15.7. The van der Waals surface area contributed by atoms with Gasteiger partial charge in [-0.2, -0.15) is 9.59 Å². The molecule has 0 spiro atoms. The number of hydrogen-bond acceptors (Lipinski definition) is 7. The minimum atomic E-state index is -0.436. The highest BCUT2D eigenvalue weighted by Crippen LogP contribution is 2.31. The van der Waals surface area contributed by atoms with Crippen molar-refractivity contribution >= 4 is 22.9 Å². The number of para-hydroxylation sites is 1. The largest absolute Gasteiger partial charge is 0.507 e. The summed E-state index contributed by atoms with van der Waals surface area (Å²) >= 11 is 0. The third-order valence-electron chi connectivity index (χ3n) is 4.20. The van der Waals surface area contributed by atoms with Crippen LogP contribution >= 0.6 is 0 Å². The van der Waals surface area contributed by atoms with Crippen LogP contribution in [-0.2, 0) is 9.59 Å². The quantitative estimate of drug-likeness (QED) is 0.652. The summed E-state index contributed by atoms with van der Waals surface area (Å²) in [5.74, 6) is 0.529. The molecule has 1 aliphatic heterocycles. The fourth-order valence-corrected chi connectivity index (χ4v) is 2.97. The smallest absolute Gasteiger partial charge is 0.373 e. The number of phenolic OH excluding ortho intramolecular Hbond substituents is 1. The summed E-state index contributed by atoms with van der Waals surface area (Å²) in [5, 5.41) is 17.7. The molecule has 3 N–H and O–H groups in total. The summed E-state index contributed by atoms with van der Waals surface area (Å²) in [4.78, 5) is 25.3. The summed E-state index contributed by atoms with van der Waals surface area (Å²) in [5.41, 5.74) is 1.04. The van der Waals surface area contributed by atoms with E-state index < -0.39 is 5.82 Å². The molecule has 1 saturated heterocycles. The molecule has 4 rings (SSSR count). The van der Waals surface area contributed by atoms with Crippen molar-refractivity contribution in [2.24, 2.45) is 0 Å². The number of rotatable bonds is 3. The van der Waals surface area contributed by atoms with E-state index in [1.807, 2.05) is 24.3 Å². The van der Waals surface area contributed by atoms with Gasteiger partial charge in [-0.05, 0) is 43.3 Å². The van der Waals surface area contributed by atoms with Gasteiger partial charge in [0.25, 0.3) is 0 Å². The highest BCUT2D eigenvalue weighted by atomic mass is 19.1. The van der Waals surface area contributed by atoms with Crippen LogP contribution < -0.4 is 10.6 Å². The molecule has 3 aromatic rings. The van der Waals surface area contributed by atoms with E-state index in [1.165, 1.54) is 18.2 Å². The number of nitrogens with one attached hydrogen (secondary N) is 2. The molecule has 2 heterocycles. The van der Waals surface area contributed by atoms with Crippen molar-refractivity contribution in [2.45, 2.75) is 12.5 Å². The zero-order valence-electron chi connectivity index (χ0n) is 14.3.